The van der Waals surface area contributed by atoms with Gasteiger partial charge in [0.1, 0.15) is 15.7 Å². The van der Waals surface area contributed by atoms with Crippen LogP contribution in [0.25, 0.3) is 0 Å². The lowest BCUT2D eigenvalue weighted by Gasteiger charge is -2.30. The molecule has 1 aliphatic rings. The second-order valence-corrected chi connectivity index (χ2v) is 13.1. The van der Waals surface area contributed by atoms with Crippen molar-refractivity contribution in [2.45, 2.75) is 21.9 Å². The molecule has 0 unspecified atom stereocenters. The highest BCUT2D eigenvalue weighted by Gasteiger charge is 2.32. The Bertz CT molecular complexity index is 1450. The lowest BCUT2D eigenvalue weighted by molar-refractivity contribution is -0.120. The van der Waals surface area contributed by atoms with E-state index in [0.717, 1.165) is 0 Å². The number of hydrogen-bond donors (Lipinski definition) is 2. The molecular formula is C24H27N3O7S3. The first-order valence-electron chi connectivity index (χ1n) is 11.3. The van der Waals surface area contributed by atoms with Gasteiger partial charge in [-0.25, -0.2) is 16.8 Å². The number of anilines is 2. The van der Waals surface area contributed by atoms with Gasteiger partial charge in [-0.15, -0.1) is 11.3 Å². The fourth-order valence-corrected chi connectivity index (χ4v) is 7.63. The number of thiophene rings is 1. The van der Waals surface area contributed by atoms with E-state index in [1.807, 2.05) is 0 Å². The lowest BCUT2D eigenvalue weighted by atomic mass is 9.97. The second-order valence-electron chi connectivity index (χ2n) is 8.30. The third-order valence-electron chi connectivity index (χ3n) is 6.00. The number of nitrogens with one attached hydrogen (secondary N) is 2. The predicted octanol–water partition coefficient (Wildman–Crippen LogP) is 3.61. The van der Waals surface area contributed by atoms with Crippen LogP contribution in [0, 0.1) is 5.92 Å². The standard InChI is InChI=1S/C24H27N3O7S3/c1-33-19-7-10-22(34-2)21(16-19)26-36(29,30)20-8-5-18(6-9-20)25-24(28)17-11-13-27(14-12-17)37(31,32)23-4-3-15-35-23/h3-10,15-17,26H,11-14H2,1-2H3,(H,25,28). The van der Waals surface area contributed by atoms with Gasteiger partial charge in [0, 0.05) is 30.8 Å². The number of rotatable bonds is 9. The molecule has 13 heteroatoms. The first-order valence-corrected chi connectivity index (χ1v) is 15.1. The summed E-state index contributed by atoms with van der Waals surface area (Å²) in [5.74, 6) is 0.220. The molecule has 1 aromatic heterocycles. The van der Waals surface area contributed by atoms with Crippen LogP contribution in [0.15, 0.2) is 69.1 Å². The molecule has 2 aromatic carbocycles. The van der Waals surface area contributed by atoms with Gasteiger partial charge in [-0.1, -0.05) is 6.07 Å². The van der Waals surface area contributed by atoms with Crippen LogP contribution in [0.1, 0.15) is 12.8 Å². The molecule has 2 N–H and O–H groups in total. The van der Waals surface area contributed by atoms with E-state index in [4.69, 9.17) is 9.47 Å². The summed E-state index contributed by atoms with van der Waals surface area (Å²) in [5.41, 5.74) is 0.670. The first-order chi connectivity index (χ1) is 17.6. The molecule has 0 atom stereocenters. The number of methoxy groups -OCH3 is 2. The number of sulfonamides is 2. The Morgan fingerprint density at radius 3 is 2.27 bits per heavy atom. The Labute approximate surface area is 220 Å². The van der Waals surface area contributed by atoms with E-state index < -0.39 is 20.0 Å². The van der Waals surface area contributed by atoms with Crippen LogP contribution in [0.3, 0.4) is 0 Å². The maximum Gasteiger partial charge on any atom is 0.262 e. The number of nitrogens with zero attached hydrogens (tertiary/aromatic N) is 1. The van der Waals surface area contributed by atoms with Gasteiger partial charge in [0.05, 0.1) is 24.8 Å². The molecule has 4 rings (SSSR count). The van der Waals surface area contributed by atoms with Crippen LogP contribution in [0.5, 0.6) is 11.5 Å². The molecule has 2 heterocycles. The van der Waals surface area contributed by atoms with Gasteiger partial charge in [0.2, 0.25) is 5.91 Å². The monoisotopic (exact) mass is 565 g/mol. The zero-order chi connectivity index (χ0) is 26.6. The van der Waals surface area contributed by atoms with Gasteiger partial charge >= 0.3 is 0 Å². The Hall–Kier alpha value is -3.13. The molecule has 0 bridgehead atoms. The second kappa shape index (κ2) is 11.1. The van der Waals surface area contributed by atoms with Crippen LogP contribution in [-0.4, -0.2) is 54.4 Å². The van der Waals surface area contributed by atoms with E-state index in [-0.39, 0.29) is 35.5 Å². The summed E-state index contributed by atoms with van der Waals surface area (Å²) < 4.78 is 65.7. The van der Waals surface area contributed by atoms with Gasteiger partial charge in [0.25, 0.3) is 20.0 Å². The summed E-state index contributed by atoms with van der Waals surface area (Å²) in [4.78, 5) is 12.8. The van der Waals surface area contributed by atoms with Crippen molar-refractivity contribution < 1.29 is 31.1 Å². The molecule has 0 radical (unpaired) electrons. The van der Waals surface area contributed by atoms with Crippen LogP contribution < -0.4 is 19.5 Å². The van der Waals surface area contributed by atoms with Crippen LogP contribution in [0.4, 0.5) is 11.4 Å². The molecule has 198 valence electrons. The first kappa shape index (κ1) is 26.9. The Kier molecular flexibility index (Phi) is 8.07. The number of carbonyl (C=O) groups excluding carboxylic acids is 1. The SMILES string of the molecule is COc1ccc(OC)c(NS(=O)(=O)c2ccc(NC(=O)C3CCN(S(=O)(=O)c4cccs4)CC3)cc2)c1. The lowest BCUT2D eigenvalue weighted by Crippen LogP contribution is -2.41. The van der Waals surface area contributed by atoms with Crippen molar-refractivity contribution >= 4 is 48.7 Å². The summed E-state index contributed by atoms with van der Waals surface area (Å²) >= 11 is 1.17. The highest BCUT2D eigenvalue weighted by molar-refractivity contribution is 7.92. The zero-order valence-corrected chi connectivity index (χ0v) is 22.7. The minimum Gasteiger partial charge on any atom is -0.497 e. The molecule has 3 aromatic rings. The fraction of sp³-hybridized carbons (Fsp3) is 0.292. The van der Waals surface area contributed by atoms with Crippen molar-refractivity contribution in [2.24, 2.45) is 5.92 Å². The average Bonchev–Trinajstić information content (AvgIpc) is 3.45. The molecule has 0 saturated carbocycles. The number of hydrogen-bond acceptors (Lipinski definition) is 8. The summed E-state index contributed by atoms with van der Waals surface area (Å²) in [6.45, 7) is 0.518. The molecule has 1 fully saturated rings. The van der Waals surface area contributed by atoms with Crippen LogP contribution >= 0.6 is 11.3 Å². The summed E-state index contributed by atoms with van der Waals surface area (Å²) in [5, 5.41) is 4.52. The quantitative estimate of drug-likeness (QED) is 0.405. The summed E-state index contributed by atoms with van der Waals surface area (Å²) in [6.07, 6.45) is 0.796. The van der Waals surface area contributed by atoms with E-state index in [1.165, 1.54) is 60.2 Å². The Balaban J connectivity index is 1.37. The van der Waals surface area contributed by atoms with Gasteiger partial charge in [0.15, 0.2) is 0 Å². The van der Waals surface area contributed by atoms with Crippen molar-refractivity contribution in [3.8, 4) is 11.5 Å². The highest BCUT2D eigenvalue weighted by atomic mass is 32.2. The third-order valence-corrected chi connectivity index (χ3v) is 10.7. The molecular weight excluding hydrogens is 538 g/mol. The minimum absolute atomic E-state index is 0.00228. The molecule has 0 aliphatic carbocycles. The van der Waals surface area contributed by atoms with Gasteiger partial charge in [-0.3, -0.25) is 9.52 Å². The number of carbonyl (C=O) groups is 1. The van der Waals surface area contributed by atoms with Crippen molar-refractivity contribution in [3.05, 3.63) is 60.0 Å². The van der Waals surface area contributed by atoms with E-state index in [1.54, 1.807) is 29.6 Å². The van der Waals surface area contributed by atoms with Gasteiger partial charge < -0.3 is 14.8 Å². The van der Waals surface area contributed by atoms with Crippen LogP contribution in [-0.2, 0) is 24.8 Å². The van der Waals surface area contributed by atoms with Gasteiger partial charge in [-0.2, -0.15) is 4.31 Å². The normalized spacial score (nSPS) is 15.2. The molecule has 1 amide bonds. The maximum atomic E-state index is 12.9. The minimum atomic E-state index is -3.94. The van der Waals surface area contributed by atoms with E-state index in [2.05, 4.69) is 10.0 Å². The van der Waals surface area contributed by atoms with Crippen LogP contribution in [0.2, 0.25) is 0 Å². The third kappa shape index (κ3) is 6.06. The Morgan fingerprint density at radius 1 is 0.973 bits per heavy atom. The highest BCUT2D eigenvalue weighted by Crippen LogP contribution is 2.31. The summed E-state index contributed by atoms with van der Waals surface area (Å²) in [6, 6.07) is 13.8. The predicted molar refractivity (Wildman–Crippen MR) is 141 cm³/mol. The zero-order valence-electron chi connectivity index (χ0n) is 20.2. The largest absolute Gasteiger partial charge is 0.497 e. The van der Waals surface area contributed by atoms with Crippen molar-refractivity contribution in [1.82, 2.24) is 4.31 Å². The van der Waals surface area contributed by atoms with Crippen molar-refractivity contribution in [1.29, 1.82) is 0 Å². The molecule has 10 nitrogen and oxygen atoms in total. The fourth-order valence-electron chi connectivity index (χ4n) is 3.96. The van der Waals surface area contributed by atoms with E-state index in [9.17, 15) is 21.6 Å². The average molecular weight is 566 g/mol. The van der Waals surface area contributed by atoms with E-state index in [0.29, 0.717) is 34.2 Å². The summed E-state index contributed by atoms with van der Waals surface area (Å²) in [7, 11) is -4.56. The van der Waals surface area contributed by atoms with Crippen molar-refractivity contribution in [2.75, 3.05) is 37.3 Å². The topological polar surface area (TPSA) is 131 Å². The van der Waals surface area contributed by atoms with Crippen molar-refractivity contribution in [3.63, 3.8) is 0 Å². The molecule has 1 saturated heterocycles. The number of ether oxygens (including phenoxy) is 2. The number of amides is 1. The van der Waals surface area contributed by atoms with E-state index >= 15 is 0 Å². The van der Waals surface area contributed by atoms with Gasteiger partial charge in [-0.05, 0) is 60.7 Å². The maximum absolute atomic E-state index is 12.9. The number of piperidine rings is 1. The smallest absolute Gasteiger partial charge is 0.262 e. The Morgan fingerprint density at radius 2 is 1.68 bits per heavy atom. The molecule has 0 spiro atoms. The molecule has 1 aliphatic heterocycles. The number of benzene rings is 2. The molecule has 37 heavy (non-hydrogen) atoms.